The third kappa shape index (κ3) is 2.19. The smallest absolute Gasteiger partial charge is 0.195 e. The molecule has 0 aliphatic carbocycles. The van der Waals surface area contributed by atoms with E-state index in [9.17, 15) is 0 Å². The van der Waals surface area contributed by atoms with E-state index in [0.717, 1.165) is 17.2 Å². The van der Waals surface area contributed by atoms with Gasteiger partial charge in [-0.15, -0.1) is 10.2 Å². The minimum atomic E-state index is 0.538. The van der Waals surface area contributed by atoms with Crippen LogP contribution in [0.15, 0.2) is 36.7 Å². The maximum absolute atomic E-state index is 5.28. The third-order valence-corrected chi connectivity index (χ3v) is 3.21. The molecule has 0 saturated carbocycles. The summed E-state index contributed by atoms with van der Waals surface area (Å²) in [5.41, 5.74) is 1.01. The van der Waals surface area contributed by atoms with Crippen LogP contribution in [0, 0.1) is 4.77 Å². The van der Waals surface area contributed by atoms with Gasteiger partial charge in [-0.05, 0) is 12.2 Å². The summed E-state index contributed by atoms with van der Waals surface area (Å²) in [7, 11) is 1.90. The van der Waals surface area contributed by atoms with E-state index >= 15 is 0 Å². The molecule has 0 aliphatic rings. The number of H-pyrrole nitrogens is 1. The summed E-state index contributed by atoms with van der Waals surface area (Å²) in [6.07, 6.45) is 1.67. The Labute approximate surface area is 114 Å². The molecule has 6 nitrogen and oxygen atoms in total. The summed E-state index contributed by atoms with van der Waals surface area (Å²) in [4.78, 5) is 0. The van der Waals surface area contributed by atoms with Crippen LogP contribution in [0.5, 0.6) is 0 Å². The molecular formula is C12H12N6S. The van der Waals surface area contributed by atoms with Crippen molar-refractivity contribution in [2.24, 2.45) is 7.05 Å². The summed E-state index contributed by atoms with van der Waals surface area (Å²) >= 11 is 5.28. The van der Waals surface area contributed by atoms with Gasteiger partial charge in [-0.25, -0.2) is 0 Å². The summed E-state index contributed by atoms with van der Waals surface area (Å²) < 4.78 is 4.35. The van der Waals surface area contributed by atoms with Crippen molar-refractivity contribution in [3.63, 3.8) is 0 Å². The first-order valence-corrected chi connectivity index (χ1v) is 6.20. The number of aryl methyl sites for hydroxylation is 1. The largest absolute Gasteiger partial charge is 0.319 e. The van der Waals surface area contributed by atoms with Crippen LogP contribution in [-0.2, 0) is 13.6 Å². The summed E-state index contributed by atoms with van der Waals surface area (Å²) in [5, 5.41) is 15.1. The van der Waals surface area contributed by atoms with Gasteiger partial charge in [-0.1, -0.05) is 30.3 Å². The Morgan fingerprint density at radius 3 is 2.74 bits per heavy atom. The van der Waals surface area contributed by atoms with Crippen LogP contribution in [-0.4, -0.2) is 29.5 Å². The highest BCUT2D eigenvalue weighted by molar-refractivity contribution is 7.71. The number of hydrogen-bond donors (Lipinski definition) is 1. The molecule has 0 aliphatic heterocycles. The lowest BCUT2D eigenvalue weighted by Crippen LogP contribution is -2.07. The average molecular weight is 272 g/mol. The van der Waals surface area contributed by atoms with Crippen LogP contribution in [0.1, 0.15) is 5.82 Å². The van der Waals surface area contributed by atoms with Crippen LogP contribution in [0.3, 0.4) is 0 Å². The van der Waals surface area contributed by atoms with E-state index < -0.39 is 0 Å². The number of benzene rings is 1. The number of nitrogens with one attached hydrogen (secondary N) is 1. The first-order chi connectivity index (χ1) is 9.25. The molecule has 0 amide bonds. The number of rotatable bonds is 3. The predicted molar refractivity (Wildman–Crippen MR) is 73.0 cm³/mol. The van der Waals surface area contributed by atoms with E-state index in [4.69, 9.17) is 12.2 Å². The van der Waals surface area contributed by atoms with Crippen molar-refractivity contribution in [2.45, 2.75) is 6.54 Å². The molecule has 0 atom stereocenters. The second kappa shape index (κ2) is 4.77. The normalized spacial score (nSPS) is 10.8. The fourth-order valence-corrected chi connectivity index (χ4v) is 2.06. The molecule has 0 unspecified atom stereocenters. The molecule has 2 aromatic heterocycles. The van der Waals surface area contributed by atoms with Crippen molar-refractivity contribution in [3.05, 3.63) is 47.3 Å². The van der Waals surface area contributed by atoms with Crippen molar-refractivity contribution in [1.82, 2.24) is 29.5 Å². The minimum Gasteiger partial charge on any atom is -0.319 e. The van der Waals surface area contributed by atoms with E-state index in [-0.39, 0.29) is 0 Å². The summed E-state index contributed by atoms with van der Waals surface area (Å²) in [6, 6.07) is 9.91. The van der Waals surface area contributed by atoms with Crippen molar-refractivity contribution >= 4 is 12.2 Å². The van der Waals surface area contributed by atoms with Gasteiger partial charge in [-0.3, -0.25) is 9.67 Å². The van der Waals surface area contributed by atoms with Gasteiger partial charge in [0.05, 0.1) is 6.54 Å². The number of aromatic amines is 1. The first-order valence-electron chi connectivity index (χ1n) is 5.79. The highest BCUT2D eigenvalue weighted by atomic mass is 32.1. The zero-order valence-corrected chi connectivity index (χ0v) is 11.1. The van der Waals surface area contributed by atoms with Crippen LogP contribution < -0.4 is 0 Å². The Kier molecular flexibility index (Phi) is 2.96. The van der Waals surface area contributed by atoms with Gasteiger partial charge < -0.3 is 4.57 Å². The lowest BCUT2D eigenvalue weighted by molar-refractivity contribution is 0.694. The fourth-order valence-electron chi connectivity index (χ4n) is 1.86. The molecule has 3 rings (SSSR count). The molecule has 0 radical (unpaired) electrons. The SMILES string of the molecule is Cn1cnnc1Cn1c(-c2ccccc2)n[nH]c1=S. The van der Waals surface area contributed by atoms with Crippen LogP contribution in [0.4, 0.5) is 0 Å². The van der Waals surface area contributed by atoms with Gasteiger partial charge in [0.1, 0.15) is 6.33 Å². The second-order valence-electron chi connectivity index (χ2n) is 4.16. The highest BCUT2D eigenvalue weighted by Gasteiger charge is 2.11. The molecule has 2 heterocycles. The molecule has 0 fully saturated rings. The van der Waals surface area contributed by atoms with E-state index in [1.807, 2.05) is 46.5 Å². The summed E-state index contributed by atoms with van der Waals surface area (Å²) in [6.45, 7) is 0.538. The van der Waals surface area contributed by atoms with E-state index in [1.165, 1.54) is 0 Å². The van der Waals surface area contributed by atoms with Gasteiger partial charge >= 0.3 is 0 Å². The van der Waals surface area contributed by atoms with Gasteiger partial charge in [0.25, 0.3) is 0 Å². The summed E-state index contributed by atoms with van der Waals surface area (Å²) in [5.74, 6) is 1.63. The first kappa shape index (κ1) is 11.8. The quantitative estimate of drug-likeness (QED) is 0.738. The zero-order chi connectivity index (χ0) is 13.2. The van der Waals surface area contributed by atoms with Crippen LogP contribution in [0.2, 0.25) is 0 Å². The Balaban J connectivity index is 2.05. The Morgan fingerprint density at radius 2 is 2.05 bits per heavy atom. The molecule has 96 valence electrons. The number of hydrogen-bond acceptors (Lipinski definition) is 4. The minimum absolute atomic E-state index is 0.538. The standard InChI is InChI=1S/C12H12N6S/c1-17-8-13-14-10(17)7-18-11(15-16-12(18)19)9-5-3-2-4-6-9/h2-6,8H,7H2,1H3,(H,16,19). The van der Waals surface area contributed by atoms with E-state index in [0.29, 0.717) is 11.3 Å². The average Bonchev–Trinajstić information content (AvgIpc) is 2.99. The van der Waals surface area contributed by atoms with Gasteiger partial charge in [0.2, 0.25) is 0 Å². The monoisotopic (exact) mass is 272 g/mol. The van der Waals surface area contributed by atoms with Crippen molar-refractivity contribution in [3.8, 4) is 11.4 Å². The van der Waals surface area contributed by atoms with Gasteiger partial charge in [0.15, 0.2) is 16.4 Å². The Bertz CT molecular complexity index is 739. The van der Waals surface area contributed by atoms with Crippen LogP contribution >= 0.6 is 12.2 Å². The predicted octanol–water partition coefficient (Wildman–Crippen LogP) is 1.78. The molecule has 0 spiro atoms. The molecule has 0 bridgehead atoms. The lowest BCUT2D eigenvalue weighted by Gasteiger charge is -2.06. The Morgan fingerprint density at radius 1 is 1.26 bits per heavy atom. The number of nitrogens with zero attached hydrogens (tertiary/aromatic N) is 5. The molecule has 1 aromatic carbocycles. The molecule has 19 heavy (non-hydrogen) atoms. The highest BCUT2D eigenvalue weighted by Crippen LogP contribution is 2.17. The molecule has 3 aromatic rings. The van der Waals surface area contributed by atoms with E-state index in [2.05, 4.69) is 20.4 Å². The molecule has 7 heteroatoms. The van der Waals surface area contributed by atoms with Gasteiger partial charge in [-0.2, -0.15) is 5.10 Å². The van der Waals surface area contributed by atoms with E-state index in [1.54, 1.807) is 6.33 Å². The Hall–Kier alpha value is -2.28. The molecule has 1 N–H and O–H groups in total. The van der Waals surface area contributed by atoms with Crippen molar-refractivity contribution in [2.75, 3.05) is 0 Å². The molecule has 0 saturated heterocycles. The second-order valence-corrected chi connectivity index (χ2v) is 4.55. The topological polar surface area (TPSA) is 64.3 Å². The fraction of sp³-hybridized carbons (Fsp3) is 0.167. The maximum Gasteiger partial charge on any atom is 0.195 e. The third-order valence-electron chi connectivity index (χ3n) is 2.89. The lowest BCUT2D eigenvalue weighted by atomic mass is 10.2. The van der Waals surface area contributed by atoms with Crippen LogP contribution in [0.25, 0.3) is 11.4 Å². The molecular weight excluding hydrogens is 260 g/mol. The van der Waals surface area contributed by atoms with Gasteiger partial charge in [0, 0.05) is 12.6 Å². The maximum atomic E-state index is 5.28. The number of aromatic nitrogens is 6. The zero-order valence-electron chi connectivity index (χ0n) is 10.3. The van der Waals surface area contributed by atoms with Crippen molar-refractivity contribution in [1.29, 1.82) is 0 Å². The van der Waals surface area contributed by atoms with Crippen molar-refractivity contribution < 1.29 is 0 Å².